The van der Waals surface area contributed by atoms with Crippen molar-refractivity contribution in [2.75, 3.05) is 0 Å². The molecule has 1 aromatic heterocycles. The third-order valence-electron chi connectivity index (χ3n) is 2.63. The van der Waals surface area contributed by atoms with E-state index in [2.05, 4.69) is 9.97 Å². The molecular weight excluding hydrogens is 237 g/mol. The Morgan fingerprint density at radius 3 is 2.89 bits per heavy atom. The van der Waals surface area contributed by atoms with Gasteiger partial charge in [0.25, 0.3) is 0 Å². The number of aromatic nitrogens is 2. The van der Waals surface area contributed by atoms with Gasteiger partial charge >= 0.3 is 5.97 Å². The van der Waals surface area contributed by atoms with Gasteiger partial charge in [0.05, 0.1) is 11.9 Å². The van der Waals surface area contributed by atoms with E-state index in [-0.39, 0.29) is 11.6 Å². The molecule has 6 heteroatoms. The second kappa shape index (κ2) is 4.58. The average Bonchev–Trinajstić information content (AvgIpc) is 2.81. The van der Waals surface area contributed by atoms with E-state index >= 15 is 0 Å². The molecule has 5 nitrogen and oxygen atoms in total. The number of nitrogens with one attached hydrogen (secondary N) is 1. The average molecular weight is 249 g/mol. The van der Waals surface area contributed by atoms with E-state index in [9.17, 15) is 9.18 Å². The highest BCUT2D eigenvalue weighted by molar-refractivity contribution is 5.74. The van der Waals surface area contributed by atoms with Gasteiger partial charge in [-0.15, -0.1) is 0 Å². The summed E-state index contributed by atoms with van der Waals surface area (Å²) in [6.45, 7) is 1.65. The van der Waals surface area contributed by atoms with Crippen LogP contribution in [0.2, 0.25) is 0 Å². The van der Waals surface area contributed by atoms with E-state index in [0.29, 0.717) is 11.3 Å². The van der Waals surface area contributed by atoms with Gasteiger partial charge in [-0.3, -0.25) is 4.79 Å². The summed E-state index contributed by atoms with van der Waals surface area (Å²) >= 11 is 0. The topological polar surface area (TPSA) is 92.0 Å². The Morgan fingerprint density at radius 2 is 2.28 bits per heavy atom. The zero-order valence-electron chi connectivity index (χ0n) is 9.64. The van der Waals surface area contributed by atoms with E-state index in [4.69, 9.17) is 10.8 Å². The van der Waals surface area contributed by atoms with Crippen molar-refractivity contribution in [3.05, 3.63) is 41.6 Å². The van der Waals surface area contributed by atoms with Crippen LogP contribution in [0.15, 0.2) is 24.4 Å². The van der Waals surface area contributed by atoms with Crippen LogP contribution in [-0.2, 0) is 4.79 Å². The highest BCUT2D eigenvalue weighted by atomic mass is 19.1. The van der Waals surface area contributed by atoms with Crippen LogP contribution in [0.25, 0.3) is 11.3 Å². The predicted octanol–water partition coefficient (Wildman–Crippen LogP) is 1.61. The van der Waals surface area contributed by atoms with Crippen molar-refractivity contribution < 1.29 is 14.3 Å². The lowest BCUT2D eigenvalue weighted by molar-refractivity contribution is -0.138. The number of hydrogen-bond acceptors (Lipinski definition) is 3. The van der Waals surface area contributed by atoms with Crippen LogP contribution in [0, 0.1) is 12.7 Å². The molecule has 0 saturated heterocycles. The summed E-state index contributed by atoms with van der Waals surface area (Å²) in [5.74, 6) is -1.29. The molecule has 0 aliphatic carbocycles. The van der Waals surface area contributed by atoms with Crippen molar-refractivity contribution in [1.29, 1.82) is 0 Å². The predicted molar refractivity (Wildman–Crippen MR) is 63.3 cm³/mol. The Balaban J connectivity index is 2.35. The molecule has 0 fully saturated rings. The molecule has 0 aliphatic heterocycles. The Morgan fingerprint density at radius 1 is 1.56 bits per heavy atom. The first-order valence-corrected chi connectivity index (χ1v) is 5.29. The van der Waals surface area contributed by atoms with Crippen molar-refractivity contribution in [2.45, 2.75) is 13.0 Å². The number of imidazole rings is 1. The number of nitrogens with two attached hydrogens (primary N) is 1. The minimum absolute atomic E-state index is 0.166. The number of aromatic amines is 1. The summed E-state index contributed by atoms with van der Waals surface area (Å²) in [4.78, 5) is 17.4. The van der Waals surface area contributed by atoms with Crippen molar-refractivity contribution in [1.82, 2.24) is 9.97 Å². The third kappa shape index (κ3) is 2.23. The van der Waals surface area contributed by atoms with Crippen molar-refractivity contribution in [2.24, 2.45) is 5.73 Å². The van der Waals surface area contributed by atoms with E-state index in [1.165, 1.54) is 12.3 Å². The number of carboxylic acid groups (broad SMARTS) is 1. The molecule has 1 atom stereocenters. The summed E-state index contributed by atoms with van der Waals surface area (Å²) in [5, 5.41) is 8.76. The van der Waals surface area contributed by atoms with Crippen LogP contribution in [-0.4, -0.2) is 21.0 Å². The van der Waals surface area contributed by atoms with Crippen LogP contribution < -0.4 is 5.73 Å². The molecule has 0 radical (unpaired) electrons. The summed E-state index contributed by atoms with van der Waals surface area (Å²) in [6, 6.07) is 3.40. The molecule has 0 spiro atoms. The standard InChI is InChI=1S/C12H12FN3O2/c1-6-4-7(2-3-8(6)13)9-5-15-11(16-9)10(14)12(17)18/h2-5,10H,14H2,1H3,(H,15,16)(H,17,18). The van der Waals surface area contributed by atoms with Gasteiger partial charge in [-0.05, 0) is 30.7 Å². The van der Waals surface area contributed by atoms with Gasteiger partial charge in [0, 0.05) is 5.56 Å². The molecule has 0 amide bonds. The minimum atomic E-state index is -1.19. The summed E-state index contributed by atoms with van der Waals surface area (Å²) in [7, 11) is 0. The molecule has 0 bridgehead atoms. The van der Waals surface area contributed by atoms with Gasteiger partial charge in [-0.1, -0.05) is 0 Å². The maximum atomic E-state index is 13.1. The Labute approximate surface area is 102 Å². The number of aliphatic carboxylic acids is 1. The quantitative estimate of drug-likeness (QED) is 0.770. The Hall–Kier alpha value is -2.21. The fraction of sp³-hybridized carbons (Fsp3) is 0.167. The summed E-state index contributed by atoms with van der Waals surface area (Å²) in [5.41, 5.74) is 7.26. The number of halogens is 1. The molecule has 0 aliphatic rings. The van der Waals surface area contributed by atoms with E-state index in [0.717, 1.165) is 5.56 Å². The van der Waals surface area contributed by atoms with E-state index in [1.807, 2.05) is 0 Å². The van der Waals surface area contributed by atoms with Crippen molar-refractivity contribution in [3.63, 3.8) is 0 Å². The number of carboxylic acids is 1. The maximum Gasteiger partial charge on any atom is 0.328 e. The fourth-order valence-corrected chi connectivity index (χ4v) is 1.57. The fourth-order valence-electron chi connectivity index (χ4n) is 1.57. The lowest BCUT2D eigenvalue weighted by Crippen LogP contribution is -2.21. The zero-order valence-corrected chi connectivity index (χ0v) is 9.64. The molecule has 1 aromatic carbocycles. The normalized spacial score (nSPS) is 12.4. The highest BCUT2D eigenvalue weighted by Gasteiger charge is 2.18. The first-order valence-electron chi connectivity index (χ1n) is 5.29. The first kappa shape index (κ1) is 12.3. The molecule has 0 saturated carbocycles. The number of carbonyl (C=O) groups is 1. The zero-order chi connectivity index (χ0) is 13.3. The Kier molecular flexibility index (Phi) is 3.12. The minimum Gasteiger partial charge on any atom is -0.480 e. The Bertz CT molecular complexity index is 595. The van der Waals surface area contributed by atoms with Crippen LogP contribution >= 0.6 is 0 Å². The second-order valence-corrected chi connectivity index (χ2v) is 3.96. The number of H-pyrrole nitrogens is 1. The molecule has 2 aromatic rings. The second-order valence-electron chi connectivity index (χ2n) is 3.96. The van der Waals surface area contributed by atoms with Gasteiger partial charge in [0.1, 0.15) is 11.6 Å². The summed E-state index contributed by atoms with van der Waals surface area (Å²) in [6.07, 6.45) is 1.48. The van der Waals surface area contributed by atoms with Crippen LogP contribution in [0.1, 0.15) is 17.4 Å². The van der Waals surface area contributed by atoms with E-state index < -0.39 is 12.0 Å². The van der Waals surface area contributed by atoms with Crippen molar-refractivity contribution in [3.8, 4) is 11.3 Å². The first-order chi connectivity index (χ1) is 8.49. The molecule has 94 valence electrons. The van der Waals surface area contributed by atoms with Crippen molar-refractivity contribution >= 4 is 5.97 Å². The molecule has 4 N–H and O–H groups in total. The molecule has 18 heavy (non-hydrogen) atoms. The largest absolute Gasteiger partial charge is 0.480 e. The smallest absolute Gasteiger partial charge is 0.328 e. The number of benzene rings is 1. The lowest BCUT2D eigenvalue weighted by atomic mass is 10.1. The monoisotopic (exact) mass is 249 g/mol. The number of nitrogens with zero attached hydrogens (tertiary/aromatic N) is 1. The molecule has 1 heterocycles. The number of aryl methyl sites for hydroxylation is 1. The van der Waals surface area contributed by atoms with Gasteiger partial charge in [-0.25, -0.2) is 9.37 Å². The SMILES string of the molecule is Cc1cc(-c2cnc(C(N)C(=O)O)[nH]2)ccc1F. The van der Waals surface area contributed by atoms with E-state index in [1.54, 1.807) is 19.1 Å². The molecular formula is C12H12FN3O2. The molecule has 1 unspecified atom stereocenters. The lowest BCUT2D eigenvalue weighted by Gasteiger charge is -2.02. The van der Waals surface area contributed by atoms with Crippen LogP contribution in [0.3, 0.4) is 0 Å². The van der Waals surface area contributed by atoms with Crippen LogP contribution in [0.4, 0.5) is 4.39 Å². The third-order valence-corrected chi connectivity index (χ3v) is 2.63. The van der Waals surface area contributed by atoms with Crippen LogP contribution in [0.5, 0.6) is 0 Å². The molecule has 2 rings (SSSR count). The van der Waals surface area contributed by atoms with Gasteiger partial charge in [0.2, 0.25) is 0 Å². The summed E-state index contributed by atoms with van der Waals surface area (Å²) < 4.78 is 13.1. The van der Waals surface area contributed by atoms with Gasteiger partial charge in [0.15, 0.2) is 6.04 Å². The van der Waals surface area contributed by atoms with Gasteiger partial charge < -0.3 is 15.8 Å². The van der Waals surface area contributed by atoms with Gasteiger partial charge in [-0.2, -0.15) is 0 Å². The maximum absolute atomic E-state index is 13.1. The number of rotatable bonds is 3. The number of hydrogen-bond donors (Lipinski definition) is 3. The highest BCUT2D eigenvalue weighted by Crippen LogP contribution is 2.21.